The van der Waals surface area contributed by atoms with Gasteiger partial charge in [-0.1, -0.05) is 36.2 Å². The number of carbonyl (C=O) groups is 1. The van der Waals surface area contributed by atoms with Crippen molar-refractivity contribution in [2.75, 3.05) is 26.6 Å². The van der Waals surface area contributed by atoms with E-state index in [4.69, 9.17) is 25.8 Å². The highest BCUT2D eigenvalue weighted by Gasteiger charge is 2.46. The first kappa shape index (κ1) is 19.7. The molecule has 0 aromatic heterocycles. The molecule has 1 aliphatic carbocycles. The van der Waals surface area contributed by atoms with E-state index >= 15 is 0 Å². The Morgan fingerprint density at radius 1 is 0.933 bits per heavy atom. The van der Waals surface area contributed by atoms with Crippen LogP contribution in [0.15, 0.2) is 42.5 Å². The van der Waals surface area contributed by atoms with E-state index < -0.39 is 5.41 Å². The SMILES string of the molecule is O=C(NCC1(c2ccc3c(c2)OCO3)CCOCC1)C1(c2ccc(Cl)cc2)CCC1. The topological polar surface area (TPSA) is 56.8 Å². The third-order valence-electron chi connectivity index (χ3n) is 7.06. The average Bonchev–Trinajstić information content (AvgIpc) is 3.21. The maximum absolute atomic E-state index is 13.4. The summed E-state index contributed by atoms with van der Waals surface area (Å²) in [6.45, 7) is 2.22. The van der Waals surface area contributed by atoms with E-state index in [0.717, 1.165) is 49.2 Å². The van der Waals surface area contributed by atoms with Gasteiger partial charge in [0.15, 0.2) is 11.5 Å². The maximum Gasteiger partial charge on any atom is 0.231 e. The number of benzene rings is 2. The second-order valence-electron chi connectivity index (χ2n) is 8.59. The Morgan fingerprint density at radius 3 is 2.33 bits per heavy atom. The third kappa shape index (κ3) is 3.34. The van der Waals surface area contributed by atoms with Gasteiger partial charge in [0.2, 0.25) is 12.7 Å². The molecule has 1 saturated carbocycles. The van der Waals surface area contributed by atoms with E-state index in [9.17, 15) is 4.79 Å². The lowest BCUT2D eigenvalue weighted by molar-refractivity contribution is -0.130. The van der Waals surface area contributed by atoms with Gasteiger partial charge in [0.25, 0.3) is 0 Å². The van der Waals surface area contributed by atoms with Crippen LogP contribution in [0.25, 0.3) is 0 Å². The zero-order valence-corrected chi connectivity index (χ0v) is 17.7. The van der Waals surface area contributed by atoms with Crippen molar-refractivity contribution in [3.8, 4) is 11.5 Å². The summed E-state index contributed by atoms with van der Waals surface area (Å²) in [6.07, 6.45) is 4.54. The summed E-state index contributed by atoms with van der Waals surface area (Å²) in [7, 11) is 0. The Balaban J connectivity index is 1.38. The summed E-state index contributed by atoms with van der Waals surface area (Å²) in [5.41, 5.74) is 1.62. The molecule has 0 radical (unpaired) electrons. The predicted octanol–water partition coefficient (Wildman–Crippen LogP) is 4.36. The average molecular weight is 428 g/mol. The van der Waals surface area contributed by atoms with Gasteiger partial charge < -0.3 is 19.5 Å². The molecular weight excluding hydrogens is 402 g/mol. The quantitative estimate of drug-likeness (QED) is 0.770. The molecule has 5 rings (SSSR count). The lowest BCUT2D eigenvalue weighted by Crippen LogP contribution is -2.53. The largest absolute Gasteiger partial charge is 0.454 e. The standard InChI is InChI=1S/C24H26ClNO4/c25-19-5-2-17(3-6-19)24(8-1-9-24)22(27)26-15-23(10-12-28-13-11-23)18-4-7-20-21(14-18)30-16-29-20/h2-7,14H,1,8-13,15-16H2,(H,26,27). The molecular formula is C24H26ClNO4. The Kier molecular flexibility index (Phi) is 5.11. The van der Waals surface area contributed by atoms with Crippen LogP contribution in [0.1, 0.15) is 43.2 Å². The zero-order chi connectivity index (χ0) is 20.6. The predicted molar refractivity (Wildman–Crippen MR) is 114 cm³/mol. The summed E-state index contributed by atoms with van der Waals surface area (Å²) in [5.74, 6) is 1.67. The minimum absolute atomic E-state index is 0.114. The van der Waals surface area contributed by atoms with Gasteiger partial charge in [-0.2, -0.15) is 0 Å². The minimum Gasteiger partial charge on any atom is -0.454 e. The minimum atomic E-state index is -0.439. The molecule has 2 fully saturated rings. The molecule has 0 spiro atoms. The number of carbonyl (C=O) groups excluding carboxylic acids is 1. The Bertz CT molecular complexity index is 933. The molecule has 2 aromatic rings. The van der Waals surface area contributed by atoms with E-state index in [1.807, 2.05) is 30.3 Å². The highest BCUT2D eigenvalue weighted by molar-refractivity contribution is 6.30. The van der Waals surface area contributed by atoms with Gasteiger partial charge in [-0.15, -0.1) is 0 Å². The molecule has 0 unspecified atom stereocenters. The fraction of sp³-hybridized carbons (Fsp3) is 0.458. The van der Waals surface area contributed by atoms with E-state index in [1.165, 1.54) is 5.56 Å². The second kappa shape index (κ2) is 7.78. The van der Waals surface area contributed by atoms with Crippen LogP contribution in [0.2, 0.25) is 5.02 Å². The lowest BCUT2D eigenvalue weighted by atomic mass is 9.63. The van der Waals surface area contributed by atoms with E-state index in [-0.39, 0.29) is 18.1 Å². The Morgan fingerprint density at radius 2 is 1.63 bits per heavy atom. The van der Waals surface area contributed by atoms with Gasteiger partial charge in [-0.05, 0) is 61.1 Å². The summed E-state index contributed by atoms with van der Waals surface area (Å²) >= 11 is 6.06. The smallest absolute Gasteiger partial charge is 0.231 e. The van der Waals surface area contributed by atoms with Crippen LogP contribution >= 0.6 is 11.6 Å². The number of halogens is 1. The van der Waals surface area contributed by atoms with Crippen molar-refractivity contribution in [3.63, 3.8) is 0 Å². The normalized spacial score (nSPS) is 21.0. The molecule has 3 aliphatic rings. The van der Waals surface area contributed by atoms with Gasteiger partial charge >= 0.3 is 0 Å². The molecule has 158 valence electrons. The number of rotatable bonds is 5. The van der Waals surface area contributed by atoms with Crippen molar-refractivity contribution in [2.24, 2.45) is 0 Å². The van der Waals surface area contributed by atoms with E-state index in [2.05, 4.69) is 17.4 Å². The Hall–Kier alpha value is -2.24. The zero-order valence-electron chi connectivity index (χ0n) is 16.9. The fourth-order valence-electron chi connectivity index (χ4n) is 4.92. The van der Waals surface area contributed by atoms with Gasteiger partial charge in [0, 0.05) is 30.2 Å². The number of amides is 1. The van der Waals surface area contributed by atoms with Crippen molar-refractivity contribution in [2.45, 2.75) is 42.9 Å². The third-order valence-corrected chi connectivity index (χ3v) is 7.31. The molecule has 30 heavy (non-hydrogen) atoms. The van der Waals surface area contributed by atoms with Crippen molar-refractivity contribution < 1.29 is 19.0 Å². The summed E-state index contributed by atoms with van der Waals surface area (Å²) in [4.78, 5) is 13.4. The van der Waals surface area contributed by atoms with Crippen molar-refractivity contribution >= 4 is 17.5 Å². The summed E-state index contributed by atoms with van der Waals surface area (Å²) in [6, 6.07) is 13.9. The maximum atomic E-state index is 13.4. The highest BCUT2D eigenvalue weighted by atomic mass is 35.5. The molecule has 0 bridgehead atoms. The fourth-order valence-corrected chi connectivity index (χ4v) is 5.05. The van der Waals surface area contributed by atoms with Crippen LogP contribution in [-0.4, -0.2) is 32.5 Å². The van der Waals surface area contributed by atoms with E-state index in [1.54, 1.807) is 0 Å². The molecule has 1 amide bonds. The first-order valence-corrected chi connectivity index (χ1v) is 11.0. The van der Waals surface area contributed by atoms with Crippen molar-refractivity contribution in [1.82, 2.24) is 5.32 Å². The summed E-state index contributed by atoms with van der Waals surface area (Å²) < 4.78 is 16.7. The van der Waals surface area contributed by atoms with E-state index in [0.29, 0.717) is 24.8 Å². The Labute approximate surface area is 181 Å². The second-order valence-corrected chi connectivity index (χ2v) is 9.02. The lowest BCUT2D eigenvalue weighted by Gasteiger charge is -2.43. The van der Waals surface area contributed by atoms with Crippen LogP contribution in [0.3, 0.4) is 0 Å². The molecule has 2 aliphatic heterocycles. The number of fused-ring (bicyclic) bond motifs is 1. The molecule has 5 nitrogen and oxygen atoms in total. The molecule has 2 heterocycles. The van der Waals surface area contributed by atoms with Gasteiger partial charge in [-0.25, -0.2) is 0 Å². The van der Waals surface area contributed by atoms with Crippen molar-refractivity contribution in [3.05, 3.63) is 58.6 Å². The van der Waals surface area contributed by atoms with Gasteiger partial charge in [-0.3, -0.25) is 4.79 Å². The molecule has 0 atom stereocenters. The van der Waals surface area contributed by atoms with Crippen LogP contribution < -0.4 is 14.8 Å². The number of ether oxygens (including phenoxy) is 3. The monoisotopic (exact) mass is 427 g/mol. The van der Waals surface area contributed by atoms with Gasteiger partial charge in [0.1, 0.15) is 0 Å². The first-order chi connectivity index (χ1) is 14.6. The summed E-state index contributed by atoms with van der Waals surface area (Å²) in [5, 5.41) is 4.01. The van der Waals surface area contributed by atoms with Crippen LogP contribution in [0.5, 0.6) is 11.5 Å². The molecule has 2 aromatic carbocycles. The first-order valence-electron chi connectivity index (χ1n) is 10.6. The molecule has 1 N–H and O–H groups in total. The number of nitrogens with one attached hydrogen (secondary N) is 1. The number of hydrogen-bond acceptors (Lipinski definition) is 4. The van der Waals surface area contributed by atoms with Crippen LogP contribution in [-0.2, 0) is 20.4 Å². The van der Waals surface area contributed by atoms with Crippen LogP contribution in [0.4, 0.5) is 0 Å². The van der Waals surface area contributed by atoms with Gasteiger partial charge in [0.05, 0.1) is 5.41 Å². The van der Waals surface area contributed by atoms with Crippen LogP contribution in [0, 0.1) is 0 Å². The molecule has 6 heteroatoms. The molecule has 1 saturated heterocycles. The highest BCUT2D eigenvalue weighted by Crippen LogP contribution is 2.45. The van der Waals surface area contributed by atoms with Crippen molar-refractivity contribution in [1.29, 1.82) is 0 Å². The number of hydrogen-bond donors (Lipinski definition) is 1.